The highest BCUT2D eigenvalue weighted by molar-refractivity contribution is 6.09. The molecule has 1 aliphatic carbocycles. The van der Waals surface area contributed by atoms with Crippen molar-refractivity contribution in [2.45, 2.75) is 25.3 Å². The van der Waals surface area contributed by atoms with Crippen LogP contribution in [0.1, 0.15) is 30.9 Å². The summed E-state index contributed by atoms with van der Waals surface area (Å²) in [5.41, 5.74) is 1.58. The lowest BCUT2D eigenvalue weighted by molar-refractivity contribution is -0.122. The Bertz CT molecular complexity index is 1090. The van der Waals surface area contributed by atoms with Crippen LogP contribution in [0.4, 0.5) is 5.95 Å². The molecule has 3 aromatic rings. The summed E-state index contributed by atoms with van der Waals surface area (Å²) in [5, 5.41) is 4.72. The third kappa shape index (κ3) is 2.02. The molecule has 7 heteroatoms. The van der Waals surface area contributed by atoms with Gasteiger partial charge in [0.25, 0.3) is 0 Å². The molecule has 0 bridgehead atoms. The van der Waals surface area contributed by atoms with Crippen molar-refractivity contribution < 1.29 is 9.21 Å². The molecule has 1 aliphatic heterocycles. The lowest BCUT2D eigenvalue weighted by atomic mass is 9.78. The van der Waals surface area contributed by atoms with Crippen molar-refractivity contribution in [1.82, 2.24) is 14.8 Å². The Hall–Kier alpha value is -3.09. The van der Waals surface area contributed by atoms with E-state index < -0.39 is 12.0 Å². The fourth-order valence-corrected chi connectivity index (χ4v) is 3.82. The van der Waals surface area contributed by atoms with Crippen LogP contribution >= 0.6 is 0 Å². The van der Waals surface area contributed by atoms with Crippen molar-refractivity contribution in [3.8, 4) is 0 Å². The SMILES string of the molecule is O=C1CCCC2=Nc3ncnn3C(c3coc4ccccc4c3=O)C12. The van der Waals surface area contributed by atoms with Crippen molar-refractivity contribution in [2.75, 3.05) is 0 Å². The summed E-state index contributed by atoms with van der Waals surface area (Å²) in [5.74, 6) is 0.0363. The van der Waals surface area contributed by atoms with Gasteiger partial charge in [-0.05, 0) is 25.0 Å². The first kappa shape index (κ1) is 14.3. The van der Waals surface area contributed by atoms with E-state index in [1.54, 1.807) is 22.9 Å². The zero-order valence-electron chi connectivity index (χ0n) is 13.3. The molecule has 0 radical (unpaired) electrons. The minimum Gasteiger partial charge on any atom is -0.464 e. The average Bonchev–Trinajstić information content (AvgIpc) is 3.09. The van der Waals surface area contributed by atoms with Crippen LogP contribution < -0.4 is 5.43 Å². The average molecular weight is 334 g/mol. The van der Waals surface area contributed by atoms with E-state index in [1.165, 1.54) is 12.6 Å². The Labute approximate surface area is 142 Å². The molecule has 25 heavy (non-hydrogen) atoms. The van der Waals surface area contributed by atoms with Gasteiger partial charge in [0.2, 0.25) is 5.95 Å². The van der Waals surface area contributed by atoms with Crippen LogP contribution in [-0.2, 0) is 4.79 Å². The minimum absolute atomic E-state index is 0.0868. The van der Waals surface area contributed by atoms with Gasteiger partial charge in [-0.1, -0.05) is 12.1 Å². The molecule has 0 N–H and O–H groups in total. The fourth-order valence-electron chi connectivity index (χ4n) is 3.82. The number of rotatable bonds is 1. The Morgan fingerprint density at radius 2 is 2.04 bits per heavy atom. The summed E-state index contributed by atoms with van der Waals surface area (Å²) < 4.78 is 7.24. The summed E-state index contributed by atoms with van der Waals surface area (Å²) >= 11 is 0. The Morgan fingerprint density at radius 1 is 1.16 bits per heavy atom. The maximum Gasteiger partial charge on any atom is 0.248 e. The second kappa shape index (κ2) is 5.20. The molecule has 3 heterocycles. The van der Waals surface area contributed by atoms with Crippen LogP contribution in [0.25, 0.3) is 11.0 Å². The molecule has 0 saturated heterocycles. The molecule has 2 aliphatic rings. The molecule has 124 valence electrons. The number of carbonyl (C=O) groups excluding carboxylic acids is 1. The number of fused-ring (bicyclic) bond motifs is 3. The molecule has 2 aromatic heterocycles. The first-order valence-corrected chi connectivity index (χ1v) is 8.24. The van der Waals surface area contributed by atoms with Gasteiger partial charge in [0, 0.05) is 12.1 Å². The molecular weight excluding hydrogens is 320 g/mol. The zero-order chi connectivity index (χ0) is 17.0. The number of nitrogens with zero attached hydrogens (tertiary/aromatic N) is 4. The van der Waals surface area contributed by atoms with Crippen molar-refractivity contribution in [2.24, 2.45) is 10.9 Å². The van der Waals surface area contributed by atoms with Crippen LogP contribution in [0.5, 0.6) is 0 Å². The maximum atomic E-state index is 13.1. The molecule has 7 nitrogen and oxygen atoms in total. The van der Waals surface area contributed by atoms with E-state index in [1.807, 2.05) is 6.07 Å². The summed E-state index contributed by atoms with van der Waals surface area (Å²) in [4.78, 5) is 34.4. The molecule has 1 saturated carbocycles. The summed E-state index contributed by atoms with van der Waals surface area (Å²) in [6, 6.07) is 6.53. The van der Waals surface area contributed by atoms with Gasteiger partial charge in [0.1, 0.15) is 30.0 Å². The summed E-state index contributed by atoms with van der Waals surface area (Å²) in [6.07, 6.45) is 4.85. The predicted octanol–water partition coefficient (Wildman–Crippen LogP) is 2.43. The number of para-hydroxylation sites is 1. The van der Waals surface area contributed by atoms with Crippen LogP contribution in [0.15, 0.2) is 51.1 Å². The monoisotopic (exact) mass is 334 g/mol. The Morgan fingerprint density at radius 3 is 2.96 bits per heavy atom. The van der Waals surface area contributed by atoms with E-state index in [0.717, 1.165) is 18.6 Å². The third-order valence-electron chi connectivity index (χ3n) is 4.96. The highest BCUT2D eigenvalue weighted by Crippen LogP contribution is 2.38. The van der Waals surface area contributed by atoms with Crippen LogP contribution in [0.3, 0.4) is 0 Å². The first-order valence-electron chi connectivity index (χ1n) is 8.24. The number of benzene rings is 1. The molecule has 1 aromatic carbocycles. The Kier molecular flexibility index (Phi) is 2.97. The normalized spacial score (nSPS) is 22.4. The number of Topliss-reactive ketones (excluding diaryl/α,β-unsaturated/α-hetero) is 1. The van der Waals surface area contributed by atoms with E-state index >= 15 is 0 Å². The van der Waals surface area contributed by atoms with Crippen LogP contribution in [0.2, 0.25) is 0 Å². The lowest BCUT2D eigenvalue weighted by Gasteiger charge is -2.33. The largest absolute Gasteiger partial charge is 0.464 e. The fraction of sp³-hybridized carbons (Fsp3) is 0.278. The van der Waals surface area contributed by atoms with Gasteiger partial charge >= 0.3 is 0 Å². The van der Waals surface area contributed by atoms with Gasteiger partial charge in [0.15, 0.2) is 5.43 Å². The van der Waals surface area contributed by atoms with Crippen LogP contribution in [0, 0.1) is 5.92 Å². The van der Waals surface area contributed by atoms with Crippen molar-refractivity contribution in [3.63, 3.8) is 0 Å². The number of hydrogen-bond donors (Lipinski definition) is 0. The highest BCUT2D eigenvalue weighted by Gasteiger charge is 2.42. The number of aliphatic imine (C=N–C) groups is 1. The number of carbonyl (C=O) groups is 1. The lowest BCUT2D eigenvalue weighted by Crippen LogP contribution is -2.41. The van der Waals surface area contributed by atoms with E-state index in [0.29, 0.717) is 28.9 Å². The first-order chi connectivity index (χ1) is 12.2. The van der Waals surface area contributed by atoms with Crippen molar-refractivity contribution in [1.29, 1.82) is 0 Å². The van der Waals surface area contributed by atoms with Gasteiger partial charge in [-0.3, -0.25) is 9.59 Å². The Balaban J connectivity index is 1.77. The van der Waals surface area contributed by atoms with E-state index in [2.05, 4.69) is 15.1 Å². The predicted molar refractivity (Wildman–Crippen MR) is 90.1 cm³/mol. The molecule has 2 unspecified atom stereocenters. The van der Waals surface area contributed by atoms with Crippen molar-refractivity contribution in [3.05, 3.63) is 52.6 Å². The highest BCUT2D eigenvalue weighted by atomic mass is 16.3. The second-order valence-corrected chi connectivity index (χ2v) is 6.37. The number of hydrogen-bond acceptors (Lipinski definition) is 6. The van der Waals surface area contributed by atoms with Gasteiger partial charge < -0.3 is 4.42 Å². The quantitative estimate of drug-likeness (QED) is 0.682. The van der Waals surface area contributed by atoms with Crippen LogP contribution in [-0.4, -0.2) is 26.3 Å². The molecular formula is C18H14N4O3. The topological polar surface area (TPSA) is 90.3 Å². The van der Waals surface area contributed by atoms with Gasteiger partial charge in [-0.15, -0.1) is 0 Å². The number of ketones is 1. The number of aromatic nitrogens is 3. The smallest absolute Gasteiger partial charge is 0.248 e. The molecule has 0 amide bonds. The molecule has 1 fully saturated rings. The molecule has 2 atom stereocenters. The van der Waals surface area contributed by atoms with Gasteiger partial charge in [-0.25, -0.2) is 9.67 Å². The van der Waals surface area contributed by atoms with E-state index in [4.69, 9.17) is 4.42 Å². The molecule has 0 spiro atoms. The van der Waals surface area contributed by atoms with Gasteiger partial charge in [-0.2, -0.15) is 10.1 Å². The second-order valence-electron chi connectivity index (χ2n) is 6.37. The zero-order valence-corrected chi connectivity index (χ0v) is 13.3. The molecule has 5 rings (SSSR count). The van der Waals surface area contributed by atoms with E-state index in [-0.39, 0.29) is 11.2 Å². The standard InChI is InChI=1S/C18H14N4O3/c23-13-6-3-5-12-15(13)16(22-18(21-12)19-9-20-22)11-8-25-14-7-2-1-4-10(14)17(11)24/h1-2,4,7-9,15-16H,3,5-6H2. The van der Waals surface area contributed by atoms with Gasteiger partial charge in [0.05, 0.1) is 16.9 Å². The summed E-state index contributed by atoms with van der Waals surface area (Å²) in [7, 11) is 0. The van der Waals surface area contributed by atoms with E-state index in [9.17, 15) is 9.59 Å². The van der Waals surface area contributed by atoms with Crippen molar-refractivity contribution >= 4 is 28.4 Å². The maximum absolute atomic E-state index is 13.1. The minimum atomic E-state index is -0.557. The summed E-state index contributed by atoms with van der Waals surface area (Å²) in [6.45, 7) is 0. The third-order valence-corrected chi connectivity index (χ3v) is 4.96.